The van der Waals surface area contributed by atoms with Gasteiger partial charge < -0.3 is 4.74 Å². The minimum absolute atomic E-state index is 0.360. The van der Waals surface area contributed by atoms with E-state index in [1.165, 1.54) is 11.1 Å². The summed E-state index contributed by atoms with van der Waals surface area (Å²) in [5.74, 6) is 0.749. The van der Waals surface area contributed by atoms with E-state index in [-0.39, 0.29) is 0 Å². The second-order valence-electron chi connectivity index (χ2n) is 6.30. The van der Waals surface area contributed by atoms with Crippen molar-refractivity contribution in [3.05, 3.63) is 78.4 Å². The standard InChI is InChI=1S/C21H24N4O/c1-3-17(2)25(16-19-8-5-10-22-14-19)15-18-7-4-9-20(13-18)26-21-23-11-6-12-24-21/h4-14,17H,3,15-16H2,1-2H3. The maximum atomic E-state index is 5.75. The molecule has 26 heavy (non-hydrogen) atoms. The maximum absolute atomic E-state index is 5.75. The van der Waals surface area contributed by atoms with Crippen molar-refractivity contribution in [3.63, 3.8) is 0 Å². The van der Waals surface area contributed by atoms with E-state index in [4.69, 9.17) is 4.74 Å². The topological polar surface area (TPSA) is 51.1 Å². The van der Waals surface area contributed by atoms with Gasteiger partial charge in [0.2, 0.25) is 0 Å². The van der Waals surface area contributed by atoms with Crippen LogP contribution in [-0.4, -0.2) is 25.9 Å². The van der Waals surface area contributed by atoms with Gasteiger partial charge in [-0.15, -0.1) is 0 Å². The highest BCUT2D eigenvalue weighted by molar-refractivity contribution is 5.30. The van der Waals surface area contributed by atoms with Crippen molar-refractivity contribution in [2.24, 2.45) is 0 Å². The molecule has 0 spiro atoms. The van der Waals surface area contributed by atoms with Gasteiger partial charge in [-0.3, -0.25) is 9.88 Å². The third kappa shape index (κ3) is 5.10. The van der Waals surface area contributed by atoms with E-state index in [9.17, 15) is 0 Å². The Bertz CT molecular complexity index is 795. The molecule has 0 bridgehead atoms. The first-order valence-electron chi connectivity index (χ1n) is 8.91. The lowest BCUT2D eigenvalue weighted by molar-refractivity contribution is 0.186. The Kier molecular flexibility index (Phi) is 6.28. The highest BCUT2D eigenvalue weighted by Crippen LogP contribution is 2.21. The van der Waals surface area contributed by atoms with Crippen molar-refractivity contribution < 1.29 is 4.74 Å². The summed E-state index contributed by atoms with van der Waals surface area (Å²) in [5.41, 5.74) is 2.42. The van der Waals surface area contributed by atoms with E-state index < -0.39 is 0 Å². The Morgan fingerprint density at radius 3 is 2.46 bits per heavy atom. The van der Waals surface area contributed by atoms with Gasteiger partial charge in [0, 0.05) is 43.9 Å². The fraction of sp³-hybridized carbons (Fsp3) is 0.286. The molecular formula is C21H24N4O. The van der Waals surface area contributed by atoms with Crippen LogP contribution >= 0.6 is 0 Å². The first-order valence-corrected chi connectivity index (χ1v) is 8.91. The van der Waals surface area contributed by atoms with E-state index in [1.807, 2.05) is 30.6 Å². The average Bonchev–Trinajstić information content (AvgIpc) is 2.69. The molecule has 1 atom stereocenters. The Hall–Kier alpha value is -2.79. The molecule has 0 fully saturated rings. The lowest BCUT2D eigenvalue weighted by Gasteiger charge is -2.28. The number of nitrogens with zero attached hydrogens (tertiary/aromatic N) is 4. The molecule has 0 radical (unpaired) electrons. The molecule has 2 aromatic heterocycles. The number of ether oxygens (including phenoxy) is 1. The van der Waals surface area contributed by atoms with Gasteiger partial charge in [-0.25, -0.2) is 9.97 Å². The summed E-state index contributed by atoms with van der Waals surface area (Å²) in [5, 5.41) is 0. The Balaban J connectivity index is 1.73. The van der Waals surface area contributed by atoms with Crippen molar-refractivity contribution in [2.75, 3.05) is 0 Å². The number of hydrogen-bond donors (Lipinski definition) is 0. The van der Waals surface area contributed by atoms with Crippen molar-refractivity contribution in [2.45, 2.75) is 39.4 Å². The molecule has 1 aromatic carbocycles. The number of pyridine rings is 1. The van der Waals surface area contributed by atoms with Crippen molar-refractivity contribution in [1.82, 2.24) is 19.9 Å². The summed E-state index contributed by atoms with van der Waals surface area (Å²) in [6, 6.07) is 14.8. The quantitative estimate of drug-likeness (QED) is 0.601. The van der Waals surface area contributed by atoms with Gasteiger partial charge in [0.15, 0.2) is 0 Å². The highest BCUT2D eigenvalue weighted by atomic mass is 16.5. The third-order valence-electron chi connectivity index (χ3n) is 4.36. The second kappa shape index (κ2) is 9.06. The number of hydrogen-bond acceptors (Lipinski definition) is 5. The van der Waals surface area contributed by atoms with Gasteiger partial charge in [0.05, 0.1) is 0 Å². The van der Waals surface area contributed by atoms with Gasteiger partial charge in [0.1, 0.15) is 5.75 Å². The molecule has 134 valence electrons. The lowest BCUT2D eigenvalue weighted by atomic mass is 10.1. The Morgan fingerprint density at radius 2 is 1.73 bits per heavy atom. The maximum Gasteiger partial charge on any atom is 0.321 e. The molecule has 0 saturated carbocycles. The van der Waals surface area contributed by atoms with Crippen LogP contribution < -0.4 is 4.74 Å². The summed E-state index contributed by atoms with van der Waals surface area (Å²) in [6.07, 6.45) is 8.18. The highest BCUT2D eigenvalue weighted by Gasteiger charge is 2.14. The van der Waals surface area contributed by atoms with E-state index in [0.717, 1.165) is 25.3 Å². The van der Waals surface area contributed by atoms with Crippen LogP contribution in [0.15, 0.2) is 67.3 Å². The number of benzene rings is 1. The predicted octanol–water partition coefficient (Wildman–Crippen LogP) is 4.46. The summed E-state index contributed by atoms with van der Waals surface area (Å²) < 4.78 is 5.75. The molecule has 0 aliphatic carbocycles. The monoisotopic (exact) mass is 348 g/mol. The predicted molar refractivity (Wildman–Crippen MR) is 102 cm³/mol. The Morgan fingerprint density at radius 1 is 0.962 bits per heavy atom. The van der Waals surface area contributed by atoms with E-state index in [1.54, 1.807) is 18.5 Å². The fourth-order valence-corrected chi connectivity index (χ4v) is 2.74. The molecule has 0 aliphatic heterocycles. The van der Waals surface area contributed by atoms with Crippen LogP contribution in [-0.2, 0) is 13.1 Å². The number of aromatic nitrogens is 3. The van der Waals surface area contributed by atoms with E-state index >= 15 is 0 Å². The van der Waals surface area contributed by atoms with Gasteiger partial charge in [-0.05, 0) is 48.7 Å². The van der Waals surface area contributed by atoms with Gasteiger partial charge in [0.25, 0.3) is 0 Å². The largest absolute Gasteiger partial charge is 0.424 e. The third-order valence-corrected chi connectivity index (χ3v) is 4.36. The molecule has 3 aromatic rings. The summed E-state index contributed by atoms with van der Waals surface area (Å²) in [4.78, 5) is 14.9. The minimum Gasteiger partial charge on any atom is -0.424 e. The molecule has 3 rings (SSSR count). The van der Waals surface area contributed by atoms with Crippen LogP contribution in [0.2, 0.25) is 0 Å². The SMILES string of the molecule is CCC(C)N(Cc1cccnc1)Cc1cccc(Oc2ncccn2)c1. The zero-order valence-electron chi connectivity index (χ0n) is 15.2. The normalized spacial score (nSPS) is 12.1. The first-order chi connectivity index (χ1) is 12.7. The molecule has 5 heteroatoms. The second-order valence-corrected chi connectivity index (χ2v) is 6.30. The summed E-state index contributed by atoms with van der Waals surface area (Å²) in [7, 11) is 0. The smallest absolute Gasteiger partial charge is 0.321 e. The van der Waals surface area contributed by atoms with Crippen molar-refractivity contribution >= 4 is 0 Å². The number of rotatable bonds is 8. The molecule has 2 heterocycles. The van der Waals surface area contributed by atoms with Crippen molar-refractivity contribution in [3.8, 4) is 11.8 Å². The van der Waals surface area contributed by atoms with Crippen LogP contribution in [0, 0.1) is 0 Å². The van der Waals surface area contributed by atoms with Crippen LogP contribution in [0.25, 0.3) is 0 Å². The van der Waals surface area contributed by atoms with Gasteiger partial charge >= 0.3 is 6.01 Å². The molecule has 5 nitrogen and oxygen atoms in total. The molecule has 0 amide bonds. The van der Waals surface area contributed by atoms with Crippen LogP contribution in [0.1, 0.15) is 31.4 Å². The summed E-state index contributed by atoms with van der Waals surface area (Å²) >= 11 is 0. The van der Waals surface area contributed by atoms with E-state index in [0.29, 0.717) is 12.1 Å². The molecular weight excluding hydrogens is 324 g/mol. The van der Waals surface area contributed by atoms with Gasteiger partial charge in [-0.1, -0.05) is 25.1 Å². The zero-order valence-corrected chi connectivity index (χ0v) is 15.2. The molecule has 0 aliphatic rings. The van der Waals surface area contributed by atoms with Crippen LogP contribution in [0.5, 0.6) is 11.8 Å². The summed E-state index contributed by atoms with van der Waals surface area (Å²) in [6.45, 7) is 6.19. The molecule has 0 N–H and O–H groups in total. The Labute approximate surface area is 154 Å². The first kappa shape index (κ1) is 18.0. The fourth-order valence-electron chi connectivity index (χ4n) is 2.74. The molecule has 0 saturated heterocycles. The lowest BCUT2D eigenvalue weighted by Crippen LogP contribution is -2.31. The van der Waals surface area contributed by atoms with Crippen LogP contribution in [0.3, 0.4) is 0 Å². The zero-order chi connectivity index (χ0) is 18.2. The van der Waals surface area contributed by atoms with Crippen molar-refractivity contribution in [1.29, 1.82) is 0 Å². The minimum atomic E-state index is 0.360. The van der Waals surface area contributed by atoms with Crippen LogP contribution in [0.4, 0.5) is 0 Å². The van der Waals surface area contributed by atoms with E-state index in [2.05, 4.69) is 51.9 Å². The molecule has 1 unspecified atom stereocenters. The van der Waals surface area contributed by atoms with Gasteiger partial charge in [-0.2, -0.15) is 0 Å². The average molecular weight is 348 g/mol.